The van der Waals surface area contributed by atoms with Crippen LogP contribution in [0.1, 0.15) is 18.4 Å². The highest BCUT2D eigenvalue weighted by atomic mass is 79.9. The van der Waals surface area contributed by atoms with Crippen molar-refractivity contribution in [3.63, 3.8) is 0 Å². The van der Waals surface area contributed by atoms with E-state index in [0.29, 0.717) is 17.9 Å². The molecule has 0 bridgehead atoms. The first-order chi connectivity index (χ1) is 8.49. The lowest BCUT2D eigenvalue weighted by atomic mass is 10.0. The summed E-state index contributed by atoms with van der Waals surface area (Å²) in [6.07, 6.45) is 2.80. The van der Waals surface area contributed by atoms with Gasteiger partial charge in [-0.2, -0.15) is 0 Å². The SMILES string of the molecule is O=[N+]([O-])c1ccc(CC(Br)C2CC2)c([N+](=O)[O-])c1. The maximum Gasteiger partial charge on any atom is 0.279 e. The van der Waals surface area contributed by atoms with Gasteiger partial charge in [-0.15, -0.1) is 0 Å². The molecule has 0 N–H and O–H groups in total. The Morgan fingerprint density at radius 3 is 2.44 bits per heavy atom. The molecule has 6 nitrogen and oxygen atoms in total. The average molecular weight is 315 g/mol. The second kappa shape index (κ2) is 5.01. The van der Waals surface area contributed by atoms with Crippen LogP contribution in [0.15, 0.2) is 18.2 Å². The predicted molar refractivity (Wildman–Crippen MR) is 68.9 cm³/mol. The summed E-state index contributed by atoms with van der Waals surface area (Å²) in [5.74, 6) is 0.569. The Balaban J connectivity index is 2.27. The average Bonchev–Trinajstić information content (AvgIpc) is 3.12. The molecule has 18 heavy (non-hydrogen) atoms. The molecule has 1 unspecified atom stereocenters. The quantitative estimate of drug-likeness (QED) is 0.474. The molecule has 0 aliphatic heterocycles. The van der Waals surface area contributed by atoms with E-state index in [4.69, 9.17) is 0 Å². The minimum Gasteiger partial charge on any atom is -0.258 e. The highest BCUT2D eigenvalue weighted by Crippen LogP contribution is 2.39. The second-order valence-electron chi connectivity index (χ2n) is 4.38. The number of non-ortho nitro benzene ring substituents is 1. The predicted octanol–water partition coefficient (Wildman–Crippen LogP) is 3.22. The number of nitro groups is 2. The van der Waals surface area contributed by atoms with Gasteiger partial charge in [0.25, 0.3) is 11.4 Å². The Morgan fingerprint density at radius 1 is 1.28 bits per heavy atom. The molecule has 96 valence electrons. The van der Waals surface area contributed by atoms with Crippen molar-refractivity contribution < 1.29 is 9.85 Å². The molecule has 1 aromatic rings. The number of hydrogen-bond acceptors (Lipinski definition) is 4. The van der Waals surface area contributed by atoms with Gasteiger partial charge >= 0.3 is 0 Å². The Morgan fingerprint density at radius 2 is 1.94 bits per heavy atom. The molecule has 1 atom stereocenters. The lowest BCUT2D eigenvalue weighted by Gasteiger charge is -2.08. The standard InChI is InChI=1S/C11H11BrN2O4/c12-10(7-1-2-7)5-8-3-4-9(13(15)16)6-11(8)14(17)18/h3-4,6-7,10H,1-2,5H2. The topological polar surface area (TPSA) is 86.3 Å². The van der Waals surface area contributed by atoms with E-state index in [-0.39, 0.29) is 16.2 Å². The first kappa shape index (κ1) is 12.9. The monoisotopic (exact) mass is 314 g/mol. The largest absolute Gasteiger partial charge is 0.279 e. The van der Waals surface area contributed by atoms with Crippen molar-refractivity contribution in [3.8, 4) is 0 Å². The summed E-state index contributed by atoms with van der Waals surface area (Å²) in [5.41, 5.74) is 0.122. The summed E-state index contributed by atoms with van der Waals surface area (Å²) in [6, 6.07) is 3.82. The highest BCUT2D eigenvalue weighted by molar-refractivity contribution is 9.09. The summed E-state index contributed by atoms with van der Waals surface area (Å²) in [6.45, 7) is 0. The van der Waals surface area contributed by atoms with Crippen LogP contribution in [0.2, 0.25) is 0 Å². The zero-order valence-corrected chi connectivity index (χ0v) is 11.0. The number of rotatable bonds is 5. The lowest BCUT2D eigenvalue weighted by molar-refractivity contribution is -0.394. The van der Waals surface area contributed by atoms with Gasteiger partial charge in [0, 0.05) is 16.5 Å². The van der Waals surface area contributed by atoms with Crippen molar-refractivity contribution in [2.75, 3.05) is 0 Å². The van der Waals surface area contributed by atoms with Crippen molar-refractivity contribution in [2.45, 2.75) is 24.1 Å². The summed E-state index contributed by atoms with van der Waals surface area (Å²) in [5, 5.41) is 21.5. The van der Waals surface area contributed by atoms with Gasteiger partial charge in [0.05, 0.1) is 15.9 Å². The molecule has 0 saturated heterocycles. The fourth-order valence-corrected chi connectivity index (χ4v) is 2.72. The third-order valence-corrected chi connectivity index (χ3v) is 4.10. The fourth-order valence-electron chi connectivity index (χ4n) is 1.84. The minimum absolute atomic E-state index is 0.172. The first-order valence-corrected chi connectivity index (χ1v) is 6.46. The molecular formula is C11H11BrN2O4. The maximum atomic E-state index is 10.9. The Kier molecular flexibility index (Phi) is 3.60. The van der Waals surface area contributed by atoms with Crippen LogP contribution in [0.3, 0.4) is 0 Å². The van der Waals surface area contributed by atoms with E-state index in [1.807, 2.05) is 0 Å². The van der Waals surface area contributed by atoms with Gasteiger partial charge in [0.2, 0.25) is 0 Å². The number of alkyl halides is 1. The molecule has 1 aliphatic carbocycles. The van der Waals surface area contributed by atoms with Crippen LogP contribution in [0, 0.1) is 26.1 Å². The molecule has 1 aliphatic rings. The summed E-state index contributed by atoms with van der Waals surface area (Å²) < 4.78 is 0. The van der Waals surface area contributed by atoms with Gasteiger partial charge in [-0.25, -0.2) is 0 Å². The third kappa shape index (κ3) is 2.84. The summed E-state index contributed by atoms with van der Waals surface area (Å²) >= 11 is 3.52. The molecule has 1 aromatic carbocycles. The van der Waals surface area contributed by atoms with E-state index in [0.717, 1.165) is 18.9 Å². The molecule has 0 radical (unpaired) electrons. The van der Waals surface area contributed by atoms with E-state index < -0.39 is 9.85 Å². The van der Waals surface area contributed by atoms with Crippen molar-refractivity contribution in [2.24, 2.45) is 5.92 Å². The van der Waals surface area contributed by atoms with Crippen LogP contribution in [0.5, 0.6) is 0 Å². The molecule has 1 saturated carbocycles. The smallest absolute Gasteiger partial charge is 0.258 e. The van der Waals surface area contributed by atoms with E-state index in [9.17, 15) is 20.2 Å². The van der Waals surface area contributed by atoms with Crippen LogP contribution in [0.4, 0.5) is 11.4 Å². The second-order valence-corrected chi connectivity index (χ2v) is 5.56. The van der Waals surface area contributed by atoms with Gasteiger partial charge in [0.1, 0.15) is 0 Å². The lowest BCUT2D eigenvalue weighted by Crippen LogP contribution is -2.07. The van der Waals surface area contributed by atoms with Gasteiger partial charge in [-0.1, -0.05) is 15.9 Å². The highest BCUT2D eigenvalue weighted by Gasteiger charge is 2.31. The molecule has 7 heteroatoms. The van der Waals surface area contributed by atoms with Gasteiger partial charge in [0.15, 0.2) is 0 Å². The van der Waals surface area contributed by atoms with Crippen LogP contribution in [-0.4, -0.2) is 14.7 Å². The van der Waals surface area contributed by atoms with E-state index >= 15 is 0 Å². The zero-order valence-electron chi connectivity index (χ0n) is 9.41. The first-order valence-electron chi connectivity index (χ1n) is 5.55. The van der Waals surface area contributed by atoms with Crippen LogP contribution >= 0.6 is 15.9 Å². The zero-order chi connectivity index (χ0) is 13.3. The molecule has 0 heterocycles. The van der Waals surface area contributed by atoms with E-state index in [1.165, 1.54) is 12.1 Å². The van der Waals surface area contributed by atoms with E-state index in [1.54, 1.807) is 0 Å². The number of halogens is 1. The van der Waals surface area contributed by atoms with Crippen LogP contribution in [0.25, 0.3) is 0 Å². The third-order valence-electron chi connectivity index (χ3n) is 3.02. The van der Waals surface area contributed by atoms with Crippen LogP contribution in [-0.2, 0) is 6.42 Å². The van der Waals surface area contributed by atoms with Crippen molar-refractivity contribution >= 4 is 27.3 Å². The summed E-state index contributed by atoms with van der Waals surface area (Å²) in [4.78, 5) is 20.6. The van der Waals surface area contributed by atoms with Crippen molar-refractivity contribution in [1.82, 2.24) is 0 Å². The fraction of sp³-hybridized carbons (Fsp3) is 0.455. The number of hydrogen-bond donors (Lipinski definition) is 0. The van der Waals surface area contributed by atoms with Crippen molar-refractivity contribution in [1.29, 1.82) is 0 Å². The Bertz CT molecular complexity index is 502. The van der Waals surface area contributed by atoms with Crippen LogP contribution < -0.4 is 0 Å². The maximum absolute atomic E-state index is 10.9. The number of benzene rings is 1. The molecule has 0 amide bonds. The van der Waals surface area contributed by atoms with Gasteiger partial charge in [-0.3, -0.25) is 20.2 Å². The Hall–Kier alpha value is -1.50. The van der Waals surface area contributed by atoms with E-state index in [2.05, 4.69) is 15.9 Å². The minimum atomic E-state index is -0.622. The number of nitrogens with zero attached hydrogens (tertiary/aromatic N) is 2. The normalized spacial score (nSPS) is 16.3. The van der Waals surface area contributed by atoms with Crippen molar-refractivity contribution in [3.05, 3.63) is 44.0 Å². The molecule has 1 fully saturated rings. The van der Waals surface area contributed by atoms with Gasteiger partial charge in [-0.05, 0) is 31.2 Å². The Labute approximate surface area is 111 Å². The molecule has 2 rings (SSSR count). The summed E-state index contributed by atoms with van der Waals surface area (Å²) in [7, 11) is 0. The number of nitro benzene ring substituents is 2. The molecule has 0 aromatic heterocycles. The molecular weight excluding hydrogens is 304 g/mol. The molecule has 0 spiro atoms. The van der Waals surface area contributed by atoms with Gasteiger partial charge < -0.3 is 0 Å².